The Hall–Kier alpha value is -4.05. The Labute approximate surface area is 261 Å². The van der Waals surface area contributed by atoms with Gasteiger partial charge in [-0.3, -0.25) is 13.9 Å². The molecule has 1 fully saturated rings. The van der Waals surface area contributed by atoms with E-state index in [9.17, 15) is 18.0 Å². The molecule has 0 bridgehead atoms. The van der Waals surface area contributed by atoms with Gasteiger partial charge in [-0.25, -0.2) is 8.42 Å². The van der Waals surface area contributed by atoms with Crippen molar-refractivity contribution in [1.29, 1.82) is 0 Å². The summed E-state index contributed by atoms with van der Waals surface area (Å²) in [6, 6.07) is 23.4. The lowest BCUT2D eigenvalue weighted by Crippen LogP contribution is -2.52. The highest BCUT2D eigenvalue weighted by molar-refractivity contribution is 7.92. The number of carbonyl (C=O) groups excluding carboxylic acids is 2. The van der Waals surface area contributed by atoms with E-state index in [2.05, 4.69) is 5.32 Å². The molecule has 0 heterocycles. The molecule has 2 amide bonds. The Kier molecular flexibility index (Phi) is 11.7. The van der Waals surface area contributed by atoms with Gasteiger partial charge >= 0.3 is 0 Å². The number of para-hydroxylation sites is 2. The van der Waals surface area contributed by atoms with E-state index in [1.165, 1.54) is 11.4 Å². The number of benzene rings is 3. The molecule has 1 N–H and O–H groups in total. The molecule has 0 spiro atoms. The normalized spacial score (nSPS) is 14.1. The van der Waals surface area contributed by atoms with Gasteiger partial charge < -0.3 is 19.7 Å². The van der Waals surface area contributed by atoms with E-state index >= 15 is 0 Å². The van der Waals surface area contributed by atoms with Crippen LogP contribution in [-0.4, -0.2) is 64.2 Å². The number of ether oxygens (including phenoxy) is 2. The van der Waals surface area contributed by atoms with Gasteiger partial charge in [0.25, 0.3) is 0 Å². The molecule has 1 aliphatic carbocycles. The summed E-state index contributed by atoms with van der Waals surface area (Å²) in [5.41, 5.74) is 2.19. The first-order chi connectivity index (χ1) is 21.2. The van der Waals surface area contributed by atoms with Crippen molar-refractivity contribution in [3.63, 3.8) is 0 Å². The Bertz CT molecular complexity index is 1490. The molecule has 1 aliphatic rings. The second-order valence-corrected chi connectivity index (χ2v) is 13.1. The number of anilines is 1. The molecule has 0 saturated heterocycles. The zero-order valence-electron chi connectivity index (χ0n) is 25.8. The third kappa shape index (κ3) is 8.98. The molecule has 0 aliphatic heterocycles. The van der Waals surface area contributed by atoms with Gasteiger partial charge in [-0.15, -0.1) is 0 Å². The van der Waals surface area contributed by atoms with Crippen LogP contribution in [0.25, 0.3) is 0 Å². The quantitative estimate of drug-likeness (QED) is 0.258. The first-order valence-electron chi connectivity index (χ1n) is 15.1. The number of nitrogens with one attached hydrogen (secondary N) is 1. The molecular formula is C34H43N3O6S. The molecule has 3 aromatic carbocycles. The summed E-state index contributed by atoms with van der Waals surface area (Å²) in [6.07, 6.45) is 5.79. The van der Waals surface area contributed by atoms with Crippen molar-refractivity contribution >= 4 is 27.5 Å². The van der Waals surface area contributed by atoms with Crippen molar-refractivity contribution in [2.45, 2.75) is 63.6 Å². The van der Waals surface area contributed by atoms with E-state index in [-0.39, 0.29) is 43.8 Å². The number of rotatable bonds is 15. The first-order valence-corrected chi connectivity index (χ1v) is 16.9. The van der Waals surface area contributed by atoms with E-state index in [1.807, 2.05) is 54.6 Å². The van der Waals surface area contributed by atoms with Crippen molar-refractivity contribution in [3.05, 3.63) is 90.0 Å². The summed E-state index contributed by atoms with van der Waals surface area (Å²) in [4.78, 5) is 29.6. The zero-order chi connectivity index (χ0) is 31.5. The van der Waals surface area contributed by atoms with E-state index in [4.69, 9.17) is 9.47 Å². The van der Waals surface area contributed by atoms with Crippen LogP contribution in [0, 0.1) is 0 Å². The summed E-state index contributed by atoms with van der Waals surface area (Å²) >= 11 is 0. The van der Waals surface area contributed by atoms with Gasteiger partial charge in [0.2, 0.25) is 21.8 Å². The molecule has 0 aromatic heterocycles. The Morgan fingerprint density at radius 3 is 2.27 bits per heavy atom. The highest BCUT2D eigenvalue weighted by atomic mass is 32.2. The van der Waals surface area contributed by atoms with E-state index in [1.54, 1.807) is 36.3 Å². The van der Waals surface area contributed by atoms with E-state index in [0.29, 0.717) is 23.6 Å². The molecule has 1 atom stereocenters. The van der Waals surface area contributed by atoms with Gasteiger partial charge in [-0.05, 0) is 54.7 Å². The van der Waals surface area contributed by atoms with Gasteiger partial charge in [-0.2, -0.15) is 0 Å². The predicted octanol–water partition coefficient (Wildman–Crippen LogP) is 4.95. The van der Waals surface area contributed by atoms with Gasteiger partial charge in [0.1, 0.15) is 17.5 Å². The van der Waals surface area contributed by atoms with Crippen LogP contribution in [0.3, 0.4) is 0 Å². The number of sulfonamides is 1. The fraction of sp³-hybridized carbons (Fsp3) is 0.412. The van der Waals surface area contributed by atoms with E-state index < -0.39 is 16.1 Å². The molecule has 44 heavy (non-hydrogen) atoms. The second-order valence-electron chi connectivity index (χ2n) is 11.2. The average Bonchev–Trinajstić information content (AvgIpc) is 3.54. The van der Waals surface area contributed by atoms with Gasteiger partial charge in [0.05, 0.1) is 26.2 Å². The third-order valence-electron chi connectivity index (χ3n) is 7.97. The maximum Gasteiger partial charge on any atom is 0.243 e. The first kappa shape index (κ1) is 32.9. The van der Waals surface area contributed by atoms with Crippen LogP contribution in [-0.2, 0) is 32.6 Å². The maximum absolute atomic E-state index is 14.1. The van der Waals surface area contributed by atoms with Gasteiger partial charge in [0.15, 0.2) is 0 Å². The SMILES string of the molecule is COc1cccc(CN(C(=O)CCCN(c2ccccc2OC)S(C)(=O)=O)C(Cc2ccccc2)C(=O)NC2CCCC2)c1. The molecular weight excluding hydrogens is 578 g/mol. The predicted molar refractivity (Wildman–Crippen MR) is 172 cm³/mol. The van der Waals surface area contributed by atoms with Crippen molar-refractivity contribution in [1.82, 2.24) is 10.2 Å². The van der Waals surface area contributed by atoms with Crippen LogP contribution in [0.4, 0.5) is 5.69 Å². The summed E-state index contributed by atoms with van der Waals surface area (Å²) < 4.78 is 37.7. The summed E-state index contributed by atoms with van der Waals surface area (Å²) in [5, 5.41) is 3.21. The average molecular weight is 622 g/mol. The number of hydrogen-bond acceptors (Lipinski definition) is 6. The molecule has 10 heteroatoms. The molecule has 3 aromatic rings. The number of methoxy groups -OCH3 is 2. The van der Waals surface area contributed by atoms with Crippen LogP contribution < -0.4 is 19.1 Å². The van der Waals surface area contributed by atoms with Gasteiger partial charge in [-0.1, -0.05) is 67.4 Å². The topological polar surface area (TPSA) is 105 Å². The van der Waals surface area contributed by atoms with Crippen molar-refractivity contribution in [2.24, 2.45) is 0 Å². The molecule has 4 rings (SSSR count). The number of carbonyl (C=O) groups is 2. The van der Waals surface area contributed by atoms with Crippen LogP contribution in [0.1, 0.15) is 49.7 Å². The zero-order valence-corrected chi connectivity index (χ0v) is 26.6. The lowest BCUT2D eigenvalue weighted by atomic mass is 10.0. The Balaban J connectivity index is 1.61. The molecule has 9 nitrogen and oxygen atoms in total. The highest BCUT2D eigenvalue weighted by Crippen LogP contribution is 2.30. The van der Waals surface area contributed by atoms with Crippen molar-refractivity contribution in [2.75, 3.05) is 31.3 Å². The summed E-state index contributed by atoms with van der Waals surface area (Å²) in [7, 11) is -0.582. The molecule has 0 radical (unpaired) electrons. The fourth-order valence-corrected chi connectivity index (χ4v) is 6.68. The van der Waals surface area contributed by atoms with Crippen LogP contribution in [0.5, 0.6) is 11.5 Å². The number of hydrogen-bond donors (Lipinski definition) is 1. The van der Waals surface area contributed by atoms with Crippen LogP contribution >= 0.6 is 0 Å². The highest BCUT2D eigenvalue weighted by Gasteiger charge is 2.32. The largest absolute Gasteiger partial charge is 0.497 e. The lowest BCUT2D eigenvalue weighted by Gasteiger charge is -2.33. The Morgan fingerprint density at radius 1 is 0.909 bits per heavy atom. The minimum Gasteiger partial charge on any atom is -0.497 e. The number of amides is 2. The minimum absolute atomic E-state index is 0.0487. The molecule has 1 saturated carbocycles. The standard InChI is InChI=1S/C34H43N3O6S/c1-42-29-18-11-15-27(23-29)25-36(31(24-26-13-5-4-6-14-26)34(39)35-28-16-7-8-17-28)33(38)21-12-22-37(44(3,40)41)30-19-9-10-20-32(30)43-2/h4-6,9-11,13-15,18-20,23,28,31H,7-8,12,16-17,21-22,24-25H2,1-3H3,(H,35,39). The fourth-order valence-electron chi connectivity index (χ4n) is 5.71. The van der Waals surface area contributed by atoms with Crippen molar-refractivity contribution in [3.8, 4) is 11.5 Å². The van der Waals surface area contributed by atoms with Gasteiger partial charge in [0, 0.05) is 32.0 Å². The smallest absolute Gasteiger partial charge is 0.243 e. The Morgan fingerprint density at radius 2 is 1.59 bits per heavy atom. The monoisotopic (exact) mass is 621 g/mol. The molecule has 236 valence electrons. The van der Waals surface area contributed by atoms with Crippen molar-refractivity contribution < 1.29 is 27.5 Å². The maximum atomic E-state index is 14.1. The van der Waals surface area contributed by atoms with Crippen LogP contribution in [0.15, 0.2) is 78.9 Å². The number of nitrogens with zero attached hydrogens (tertiary/aromatic N) is 2. The summed E-state index contributed by atoms with van der Waals surface area (Å²) in [5.74, 6) is 0.675. The molecule has 1 unspecified atom stereocenters. The lowest BCUT2D eigenvalue weighted by molar-refractivity contribution is -0.141. The van der Waals surface area contributed by atoms with Crippen LogP contribution in [0.2, 0.25) is 0 Å². The third-order valence-corrected chi connectivity index (χ3v) is 9.15. The minimum atomic E-state index is -3.66. The second kappa shape index (κ2) is 15.6. The van der Waals surface area contributed by atoms with E-state index in [0.717, 1.165) is 43.1 Å². The summed E-state index contributed by atoms with van der Waals surface area (Å²) in [6.45, 7) is 0.281.